The third kappa shape index (κ3) is 9.16. The second-order valence-electron chi connectivity index (χ2n) is 9.51. The molecule has 0 aromatic heterocycles. The van der Waals surface area contributed by atoms with Gasteiger partial charge in [0.1, 0.15) is 0 Å². The van der Waals surface area contributed by atoms with Crippen molar-refractivity contribution in [2.75, 3.05) is 13.2 Å². The van der Waals surface area contributed by atoms with Crippen LogP contribution in [-0.4, -0.2) is 36.0 Å². The molecule has 142 valence electrons. The van der Waals surface area contributed by atoms with Crippen LogP contribution in [0.1, 0.15) is 73.6 Å². The van der Waals surface area contributed by atoms with E-state index in [0.717, 1.165) is 12.8 Å². The van der Waals surface area contributed by atoms with E-state index in [1.807, 2.05) is 6.08 Å². The second kappa shape index (κ2) is 9.33. The van der Waals surface area contributed by atoms with Crippen LogP contribution in [0.15, 0.2) is 11.6 Å². The third-order valence-corrected chi connectivity index (χ3v) is 4.00. The predicted octanol–water partition coefficient (Wildman–Crippen LogP) is 4.26. The third-order valence-electron chi connectivity index (χ3n) is 4.00. The topological polar surface area (TPSA) is 58.9 Å². The van der Waals surface area contributed by atoms with E-state index in [4.69, 9.17) is 9.47 Å². The van der Waals surface area contributed by atoms with E-state index in [2.05, 4.69) is 41.5 Å². The molecule has 4 heteroatoms. The molecule has 0 radical (unpaired) electrons. The van der Waals surface area contributed by atoms with Gasteiger partial charge in [-0.2, -0.15) is 0 Å². The Morgan fingerprint density at radius 2 is 1.29 bits per heavy atom. The zero-order valence-electron chi connectivity index (χ0n) is 16.5. The van der Waals surface area contributed by atoms with E-state index in [1.165, 1.54) is 19.3 Å². The van der Waals surface area contributed by atoms with Gasteiger partial charge < -0.3 is 19.7 Å². The molecule has 1 saturated carbocycles. The van der Waals surface area contributed by atoms with E-state index in [1.54, 1.807) is 0 Å². The summed E-state index contributed by atoms with van der Waals surface area (Å²) in [5.74, 6) is 0.384. The van der Waals surface area contributed by atoms with E-state index in [9.17, 15) is 10.2 Å². The number of ether oxygens (including phenoxy) is 2. The molecule has 0 amide bonds. The van der Waals surface area contributed by atoms with Gasteiger partial charge in [-0.15, -0.1) is 0 Å². The SMILES string of the molecule is CC(C)(C)COC(O)C(=CC1CCCCC1)C(O)OCC(C)(C)C. The number of allylic oxidation sites excluding steroid dienone is 1. The van der Waals surface area contributed by atoms with Crippen molar-refractivity contribution < 1.29 is 19.7 Å². The molecule has 2 N–H and O–H groups in total. The minimum absolute atomic E-state index is 0.0475. The van der Waals surface area contributed by atoms with Crippen LogP contribution in [0.3, 0.4) is 0 Å². The number of hydrogen-bond acceptors (Lipinski definition) is 4. The van der Waals surface area contributed by atoms with Crippen LogP contribution in [0.4, 0.5) is 0 Å². The minimum atomic E-state index is -1.12. The van der Waals surface area contributed by atoms with Crippen LogP contribution in [-0.2, 0) is 9.47 Å². The van der Waals surface area contributed by atoms with Gasteiger partial charge in [0.15, 0.2) is 12.6 Å². The molecule has 0 bridgehead atoms. The predicted molar refractivity (Wildman–Crippen MR) is 97.5 cm³/mol. The molecule has 0 heterocycles. The normalized spacial score (nSPS) is 19.8. The summed E-state index contributed by atoms with van der Waals surface area (Å²) in [5.41, 5.74) is 0.359. The highest BCUT2D eigenvalue weighted by Gasteiger charge is 2.26. The summed E-state index contributed by atoms with van der Waals surface area (Å²) >= 11 is 0. The summed E-state index contributed by atoms with van der Waals surface area (Å²) in [6.07, 6.45) is 5.61. The van der Waals surface area contributed by atoms with E-state index in [-0.39, 0.29) is 10.8 Å². The quantitative estimate of drug-likeness (QED) is 0.536. The van der Waals surface area contributed by atoms with Crippen LogP contribution >= 0.6 is 0 Å². The maximum Gasteiger partial charge on any atom is 0.181 e. The molecule has 1 fully saturated rings. The average molecular weight is 343 g/mol. The molecule has 0 saturated heterocycles. The molecule has 4 nitrogen and oxygen atoms in total. The Kier molecular flexibility index (Phi) is 8.40. The average Bonchev–Trinajstić information content (AvgIpc) is 2.47. The zero-order chi connectivity index (χ0) is 18.4. The Hall–Kier alpha value is -0.420. The van der Waals surface area contributed by atoms with Gasteiger partial charge in [-0.1, -0.05) is 66.9 Å². The lowest BCUT2D eigenvalue weighted by molar-refractivity contribution is -0.147. The summed E-state index contributed by atoms with van der Waals surface area (Å²) in [6.45, 7) is 13.2. The van der Waals surface area contributed by atoms with Crippen molar-refractivity contribution in [3.8, 4) is 0 Å². The van der Waals surface area contributed by atoms with Gasteiger partial charge >= 0.3 is 0 Å². The fourth-order valence-corrected chi connectivity index (χ4v) is 2.71. The van der Waals surface area contributed by atoms with Gasteiger partial charge in [-0.05, 0) is 29.6 Å². The molecule has 0 aliphatic heterocycles. The first-order valence-electron chi connectivity index (χ1n) is 9.29. The van der Waals surface area contributed by atoms with Crippen LogP contribution in [0.5, 0.6) is 0 Å². The van der Waals surface area contributed by atoms with E-state index < -0.39 is 12.6 Å². The fraction of sp³-hybridized carbons (Fsp3) is 0.900. The van der Waals surface area contributed by atoms with Gasteiger partial charge in [0.05, 0.1) is 13.2 Å². The number of hydrogen-bond donors (Lipinski definition) is 2. The molecule has 24 heavy (non-hydrogen) atoms. The summed E-state index contributed by atoms with van der Waals surface area (Å²) in [4.78, 5) is 0. The Morgan fingerprint density at radius 3 is 1.67 bits per heavy atom. The molecule has 2 atom stereocenters. The lowest BCUT2D eigenvalue weighted by Gasteiger charge is -2.28. The highest BCUT2D eigenvalue weighted by molar-refractivity contribution is 5.11. The first-order valence-corrected chi connectivity index (χ1v) is 9.29. The van der Waals surface area contributed by atoms with Gasteiger partial charge in [-0.3, -0.25) is 0 Å². The highest BCUT2D eigenvalue weighted by Crippen LogP contribution is 2.28. The summed E-state index contributed by atoms with van der Waals surface area (Å²) in [7, 11) is 0. The number of aliphatic hydroxyl groups is 2. The summed E-state index contributed by atoms with van der Waals surface area (Å²) in [5, 5.41) is 20.9. The molecule has 1 rings (SSSR count). The minimum Gasteiger partial charge on any atom is -0.364 e. The van der Waals surface area contributed by atoms with E-state index in [0.29, 0.717) is 24.7 Å². The van der Waals surface area contributed by atoms with Gasteiger partial charge in [0.25, 0.3) is 0 Å². The molecular formula is C20H38O4. The van der Waals surface area contributed by atoms with Gasteiger partial charge in [0, 0.05) is 5.57 Å². The lowest BCUT2D eigenvalue weighted by Crippen LogP contribution is -2.32. The van der Waals surface area contributed by atoms with E-state index >= 15 is 0 Å². The molecule has 1 aliphatic rings. The largest absolute Gasteiger partial charge is 0.364 e. The standard InChI is InChI=1S/C20H38O4/c1-19(2,3)13-23-17(21)16(12-15-10-8-7-9-11-15)18(22)24-14-20(4,5)6/h12,15,17-18,21-22H,7-11,13-14H2,1-6H3. The molecule has 0 aromatic carbocycles. The Bertz CT molecular complexity index is 357. The lowest BCUT2D eigenvalue weighted by atomic mass is 9.87. The zero-order valence-corrected chi connectivity index (χ0v) is 16.5. The van der Waals surface area contributed by atoms with Crippen LogP contribution < -0.4 is 0 Å². The first kappa shape index (κ1) is 21.6. The Morgan fingerprint density at radius 1 is 0.875 bits per heavy atom. The van der Waals surface area contributed by atoms with Crippen molar-refractivity contribution in [3.63, 3.8) is 0 Å². The molecule has 2 unspecified atom stereocenters. The molecule has 1 aliphatic carbocycles. The fourth-order valence-electron chi connectivity index (χ4n) is 2.71. The second-order valence-corrected chi connectivity index (χ2v) is 9.51. The van der Waals surface area contributed by atoms with Crippen molar-refractivity contribution in [2.45, 2.75) is 86.2 Å². The summed E-state index contributed by atoms with van der Waals surface area (Å²) < 4.78 is 11.2. The number of rotatable bonds is 7. The molecule has 0 aromatic rings. The number of aliphatic hydroxyl groups excluding tert-OH is 2. The van der Waals surface area contributed by atoms with Gasteiger partial charge in [-0.25, -0.2) is 0 Å². The Labute approximate surface area is 148 Å². The summed E-state index contributed by atoms with van der Waals surface area (Å²) in [6, 6.07) is 0. The maximum absolute atomic E-state index is 10.5. The van der Waals surface area contributed by atoms with Crippen LogP contribution in [0, 0.1) is 16.7 Å². The van der Waals surface area contributed by atoms with Crippen molar-refractivity contribution in [2.24, 2.45) is 16.7 Å². The van der Waals surface area contributed by atoms with Crippen molar-refractivity contribution in [1.82, 2.24) is 0 Å². The van der Waals surface area contributed by atoms with Gasteiger partial charge in [0.2, 0.25) is 0 Å². The van der Waals surface area contributed by atoms with Crippen molar-refractivity contribution >= 4 is 0 Å². The Balaban J connectivity index is 2.78. The van der Waals surface area contributed by atoms with Crippen LogP contribution in [0.2, 0.25) is 0 Å². The first-order chi connectivity index (χ1) is 11.0. The smallest absolute Gasteiger partial charge is 0.181 e. The maximum atomic E-state index is 10.5. The van der Waals surface area contributed by atoms with Crippen LogP contribution in [0.25, 0.3) is 0 Å². The highest BCUT2D eigenvalue weighted by atomic mass is 16.6. The monoisotopic (exact) mass is 342 g/mol. The van der Waals surface area contributed by atoms with Crippen molar-refractivity contribution in [3.05, 3.63) is 11.6 Å². The van der Waals surface area contributed by atoms with Crippen molar-refractivity contribution in [1.29, 1.82) is 0 Å². The molecule has 0 spiro atoms. The molecular weight excluding hydrogens is 304 g/mol.